The SMILES string of the molecule is CCOC(c1ccccc1)c1cccc(-c2csc(NC(=O)c3cc(Cl)c(C=C(C)C(=O)O)c(Cl)c3)n2)c1F. The van der Waals surface area contributed by atoms with Crippen LogP contribution >= 0.6 is 34.5 Å². The number of carboxylic acids is 1. The lowest BCUT2D eigenvalue weighted by atomic mass is 9.98. The van der Waals surface area contributed by atoms with Crippen molar-refractivity contribution in [1.82, 2.24) is 4.98 Å². The van der Waals surface area contributed by atoms with Gasteiger partial charge in [-0.3, -0.25) is 10.1 Å². The Labute approximate surface area is 238 Å². The molecule has 4 aromatic rings. The lowest BCUT2D eigenvalue weighted by molar-refractivity contribution is -0.132. The molecule has 3 aromatic carbocycles. The minimum Gasteiger partial charge on any atom is -0.478 e. The van der Waals surface area contributed by atoms with Gasteiger partial charge >= 0.3 is 5.97 Å². The molecule has 0 radical (unpaired) electrons. The zero-order valence-corrected chi connectivity index (χ0v) is 23.2. The van der Waals surface area contributed by atoms with Crippen molar-refractivity contribution in [2.75, 3.05) is 11.9 Å². The number of amides is 1. The van der Waals surface area contributed by atoms with Crippen LogP contribution in [0.2, 0.25) is 10.0 Å². The van der Waals surface area contributed by atoms with Crippen molar-refractivity contribution >= 4 is 57.6 Å². The van der Waals surface area contributed by atoms with Crippen LogP contribution in [-0.4, -0.2) is 28.6 Å². The van der Waals surface area contributed by atoms with Gasteiger partial charge in [-0.2, -0.15) is 0 Å². The fourth-order valence-corrected chi connectivity index (χ4v) is 5.17. The number of benzene rings is 3. The number of ether oxygens (including phenoxy) is 1. The fourth-order valence-electron chi connectivity index (χ4n) is 3.87. The molecule has 0 bridgehead atoms. The first kappa shape index (κ1) is 28.4. The second-order valence-corrected chi connectivity index (χ2v) is 10.1. The Morgan fingerprint density at radius 1 is 1.13 bits per heavy atom. The van der Waals surface area contributed by atoms with Gasteiger partial charge < -0.3 is 9.84 Å². The minimum atomic E-state index is -1.11. The van der Waals surface area contributed by atoms with Crippen molar-refractivity contribution in [2.24, 2.45) is 0 Å². The number of anilines is 1. The first-order chi connectivity index (χ1) is 18.7. The standard InChI is InChI=1S/C29H23Cl2FN2O4S/c1-3-38-26(17-8-5-4-6-9-17)20-11-7-10-19(25(20)32)24-15-39-29(33-24)34-27(35)18-13-22(30)21(23(31)14-18)12-16(2)28(36)37/h4-15,26H,3H2,1-2H3,(H,36,37)(H,33,34,35). The zero-order chi connectivity index (χ0) is 28.1. The number of aromatic nitrogens is 1. The van der Waals surface area contributed by atoms with Gasteiger partial charge in [0, 0.05) is 39.8 Å². The summed E-state index contributed by atoms with van der Waals surface area (Å²) in [5.41, 5.74) is 2.35. The molecular weight excluding hydrogens is 562 g/mol. The van der Waals surface area contributed by atoms with Gasteiger partial charge in [-0.25, -0.2) is 14.2 Å². The Morgan fingerprint density at radius 3 is 2.46 bits per heavy atom. The Balaban J connectivity index is 1.58. The molecule has 0 spiro atoms. The number of hydrogen-bond donors (Lipinski definition) is 2. The molecule has 1 aromatic heterocycles. The van der Waals surface area contributed by atoms with E-state index < -0.39 is 23.8 Å². The monoisotopic (exact) mass is 584 g/mol. The molecule has 6 nitrogen and oxygen atoms in total. The third kappa shape index (κ3) is 6.54. The van der Waals surface area contributed by atoms with Crippen molar-refractivity contribution in [3.05, 3.63) is 110 Å². The first-order valence-corrected chi connectivity index (χ1v) is 13.5. The Morgan fingerprint density at radius 2 is 1.82 bits per heavy atom. The van der Waals surface area contributed by atoms with Gasteiger partial charge in [0.15, 0.2) is 5.13 Å². The van der Waals surface area contributed by atoms with E-state index in [-0.39, 0.29) is 31.9 Å². The third-order valence-corrected chi connectivity index (χ3v) is 7.17. The highest BCUT2D eigenvalue weighted by Gasteiger charge is 2.22. The van der Waals surface area contributed by atoms with Crippen LogP contribution in [0.3, 0.4) is 0 Å². The highest BCUT2D eigenvalue weighted by Crippen LogP contribution is 2.35. The summed E-state index contributed by atoms with van der Waals surface area (Å²) < 4.78 is 21.6. The quantitative estimate of drug-likeness (QED) is 0.194. The van der Waals surface area contributed by atoms with E-state index in [4.69, 9.17) is 33.0 Å². The number of carboxylic acid groups (broad SMARTS) is 1. The number of nitrogens with one attached hydrogen (secondary N) is 1. The third-order valence-electron chi connectivity index (χ3n) is 5.79. The molecule has 1 heterocycles. The predicted molar refractivity (Wildman–Crippen MR) is 153 cm³/mol. The number of hydrogen-bond acceptors (Lipinski definition) is 5. The van der Waals surface area contributed by atoms with E-state index in [2.05, 4.69) is 10.3 Å². The van der Waals surface area contributed by atoms with Crippen LogP contribution in [0.25, 0.3) is 17.3 Å². The molecule has 200 valence electrons. The average Bonchev–Trinajstić information content (AvgIpc) is 3.38. The molecule has 4 rings (SSSR count). The highest BCUT2D eigenvalue weighted by atomic mass is 35.5. The number of nitrogens with zero attached hydrogens (tertiary/aromatic N) is 1. The van der Waals surface area contributed by atoms with Gasteiger partial charge in [0.05, 0.1) is 15.7 Å². The van der Waals surface area contributed by atoms with E-state index in [0.717, 1.165) is 16.9 Å². The first-order valence-electron chi connectivity index (χ1n) is 11.8. The molecule has 2 N–H and O–H groups in total. The van der Waals surface area contributed by atoms with Crippen molar-refractivity contribution in [3.63, 3.8) is 0 Å². The zero-order valence-electron chi connectivity index (χ0n) is 20.9. The molecule has 1 atom stereocenters. The second kappa shape index (κ2) is 12.5. The topological polar surface area (TPSA) is 88.5 Å². The smallest absolute Gasteiger partial charge is 0.331 e. The molecule has 0 aliphatic heterocycles. The van der Waals surface area contributed by atoms with E-state index >= 15 is 4.39 Å². The van der Waals surface area contributed by atoms with Crippen LogP contribution in [-0.2, 0) is 9.53 Å². The molecule has 10 heteroatoms. The summed E-state index contributed by atoms with van der Waals surface area (Å²) in [5, 5.41) is 13.9. The van der Waals surface area contributed by atoms with Crippen LogP contribution in [0.1, 0.15) is 47.0 Å². The van der Waals surface area contributed by atoms with Gasteiger partial charge in [-0.05, 0) is 43.7 Å². The van der Waals surface area contributed by atoms with Crippen molar-refractivity contribution < 1.29 is 23.8 Å². The normalized spacial score (nSPS) is 12.3. The molecule has 0 aliphatic carbocycles. The summed E-state index contributed by atoms with van der Waals surface area (Å²) in [7, 11) is 0. The maximum atomic E-state index is 15.7. The number of rotatable bonds is 9. The van der Waals surface area contributed by atoms with Gasteiger partial charge in [0.1, 0.15) is 11.9 Å². The summed E-state index contributed by atoms with van der Waals surface area (Å²) >= 11 is 13.7. The molecule has 39 heavy (non-hydrogen) atoms. The Bertz CT molecular complexity index is 1530. The molecular formula is C29H23Cl2FN2O4S. The van der Waals surface area contributed by atoms with Crippen molar-refractivity contribution in [1.29, 1.82) is 0 Å². The number of carbonyl (C=O) groups is 2. The number of halogens is 3. The summed E-state index contributed by atoms with van der Waals surface area (Å²) in [5.74, 6) is -2.10. The lowest BCUT2D eigenvalue weighted by Gasteiger charge is -2.19. The van der Waals surface area contributed by atoms with Crippen molar-refractivity contribution in [3.8, 4) is 11.3 Å². The van der Waals surface area contributed by atoms with Gasteiger partial charge in [-0.1, -0.05) is 65.7 Å². The second-order valence-electron chi connectivity index (χ2n) is 8.43. The number of carbonyl (C=O) groups excluding carboxylic acids is 1. The lowest BCUT2D eigenvalue weighted by Crippen LogP contribution is -2.12. The number of thiazole rings is 1. The summed E-state index contributed by atoms with van der Waals surface area (Å²) in [4.78, 5) is 28.4. The van der Waals surface area contributed by atoms with Gasteiger partial charge in [-0.15, -0.1) is 11.3 Å². The Hall–Kier alpha value is -3.56. The molecule has 0 fully saturated rings. The molecule has 0 saturated carbocycles. The predicted octanol–water partition coefficient (Wildman–Crippen LogP) is 8.12. The minimum absolute atomic E-state index is 0.0407. The van der Waals surface area contributed by atoms with E-state index in [1.807, 2.05) is 37.3 Å². The van der Waals surface area contributed by atoms with E-state index in [1.54, 1.807) is 23.6 Å². The molecule has 1 unspecified atom stereocenters. The van der Waals surface area contributed by atoms with E-state index in [1.165, 1.54) is 25.1 Å². The number of aliphatic carboxylic acids is 1. The maximum Gasteiger partial charge on any atom is 0.331 e. The summed E-state index contributed by atoms with van der Waals surface area (Å²) in [6.45, 7) is 3.67. The van der Waals surface area contributed by atoms with E-state index in [9.17, 15) is 9.59 Å². The molecule has 0 aliphatic rings. The van der Waals surface area contributed by atoms with Crippen LogP contribution in [0.15, 0.2) is 71.6 Å². The molecule has 0 saturated heterocycles. The van der Waals surface area contributed by atoms with Crippen molar-refractivity contribution in [2.45, 2.75) is 20.0 Å². The fraction of sp³-hybridized carbons (Fsp3) is 0.138. The average molecular weight is 585 g/mol. The maximum absolute atomic E-state index is 15.7. The largest absolute Gasteiger partial charge is 0.478 e. The van der Waals surface area contributed by atoms with Gasteiger partial charge in [0.2, 0.25) is 0 Å². The molecule has 1 amide bonds. The van der Waals surface area contributed by atoms with Gasteiger partial charge in [0.25, 0.3) is 5.91 Å². The van der Waals surface area contributed by atoms with Crippen LogP contribution in [0, 0.1) is 5.82 Å². The Kier molecular flexibility index (Phi) is 9.14. The van der Waals surface area contributed by atoms with Crippen LogP contribution < -0.4 is 5.32 Å². The van der Waals surface area contributed by atoms with Crippen LogP contribution in [0.4, 0.5) is 9.52 Å². The summed E-state index contributed by atoms with van der Waals surface area (Å²) in [6, 6.07) is 17.2. The summed E-state index contributed by atoms with van der Waals surface area (Å²) in [6.07, 6.45) is 0.749. The van der Waals surface area contributed by atoms with E-state index in [0.29, 0.717) is 23.4 Å². The van der Waals surface area contributed by atoms with Crippen LogP contribution in [0.5, 0.6) is 0 Å². The highest BCUT2D eigenvalue weighted by molar-refractivity contribution is 7.14.